The maximum absolute atomic E-state index is 12.1. The normalized spacial score (nSPS) is 21.9. The average Bonchev–Trinajstić information content (AvgIpc) is 2.36. The van der Waals surface area contributed by atoms with E-state index >= 15 is 0 Å². The van der Waals surface area contributed by atoms with Gasteiger partial charge in [-0.3, -0.25) is 0 Å². The van der Waals surface area contributed by atoms with Gasteiger partial charge in [0.05, 0.1) is 10.9 Å². The van der Waals surface area contributed by atoms with Gasteiger partial charge in [0.2, 0.25) is 0 Å². The van der Waals surface area contributed by atoms with E-state index in [-0.39, 0.29) is 5.63 Å². The molecule has 0 unspecified atom stereocenters. The van der Waals surface area contributed by atoms with Crippen LogP contribution < -0.4 is 10.4 Å². The summed E-state index contributed by atoms with van der Waals surface area (Å²) in [5.74, 6) is -0.0533. The fraction of sp³-hybridized carbons (Fsp3) is 0.438. The number of ether oxygens (including phenoxy) is 1. The minimum atomic E-state index is -1.75. The number of fused-ring (bicyclic) bond motifs is 3. The van der Waals surface area contributed by atoms with Crippen LogP contribution in [-0.4, -0.2) is 14.1 Å². The Morgan fingerprint density at radius 2 is 1.95 bits per heavy atom. The van der Waals surface area contributed by atoms with Gasteiger partial charge in [-0.1, -0.05) is 12.1 Å². The molecular formula is C16H20O4Si. The van der Waals surface area contributed by atoms with Crippen molar-refractivity contribution in [3.8, 4) is 5.75 Å². The highest BCUT2D eigenvalue weighted by Gasteiger charge is 2.38. The van der Waals surface area contributed by atoms with Gasteiger partial charge in [-0.2, -0.15) is 0 Å². The fourth-order valence-electron chi connectivity index (χ4n) is 2.83. The molecule has 5 heteroatoms. The second-order valence-corrected chi connectivity index (χ2v) is 11.1. The number of rotatable bonds is 2. The van der Waals surface area contributed by atoms with E-state index in [0.29, 0.717) is 29.7 Å². The second kappa shape index (κ2) is 4.71. The molecule has 0 bridgehead atoms. The van der Waals surface area contributed by atoms with E-state index in [2.05, 4.69) is 19.6 Å². The van der Waals surface area contributed by atoms with E-state index in [1.54, 1.807) is 6.07 Å². The third-order valence-corrected chi connectivity index (χ3v) is 4.57. The Morgan fingerprint density at radius 3 is 2.67 bits per heavy atom. The molecule has 112 valence electrons. The van der Waals surface area contributed by atoms with Crippen molar-refractivity contribution in [2.45, 2.75) is 45.2 Å². The van der Waals surface area contributed by atoms with Crippen LogP contribution in [0, 0.1) is 0 Å². The lowest BCUT2D eigenvalue weighted by Gasteiger charge is -2.39. The van der Waals surface area contributed by atoms with Gasteiger partial charge in [0.1, 0.15) is 11.3 Å². The molecule has 2 heterocycles. The summed E-state index contributed by atoms with van der Waals surface area (Å²) in [7, 11) is -1.75. The zero-order valence-corrected chi connectivity index (χ0v) is 13.9. The Bertz CT molecular complexity index is 744. The summed E-state index contributed by atoms with van der Waals surface area (Å²) in [6.45, 7) is 8.36. The molecule has 0 saturated carbocycles. The average molecular weight is 304 g/mol. The molecule has 4 nitrogen and oxygen atoms in total. The molecule has 1 aromatic carbocycles. The van der Waals surface area contributed by atoms with Crippen molar-refractivity contribution >= 4 is 19.3 Å². The summed E-state index contributed by atoms with van der Waals surface area (Å²) >= 11 is 0. The molecule has 2 aromatic rings. The van der Waals surface area contributed by atoms with Crippen molar-refractivity contribution in [2.24, 2.45) is 0 Å². The van der Waals surface area contributed by atoms with Crippen molar-refractivity contribution in [3.05, 3.63) is 40.2 Å². The van der Waals surface area contributed by atoms with Gasteiger partial charge in [0, 0.05) is 13.3 Å². The third kappa shape index (κ3) is 2.76. The van der Waals surface area contributed by atoms with Crippen LogP contribution in [0.25, 0.3) is 11.0 Å². The van der Waals surface area contributed by atoms with Gasteiger partial charge in [0.25, 0.3) is 0 Å². The highest BCUT2D eigenvalue weighted by Crippen LogP contribution is 2.38. The van der Waals surface area contributed by atoms with Crippen molar-refractivity contribution < 1.29 is 13.6 Å². The SMILES string of the molecule is C[C@@]1(O[Si](C)(C)C)CCc2c(c3ccccc3oc2=O)O1. The molecule has 0 radical (unpaired) electrons. The van der Waals surface area contributed by atoms with Gasteiger partial charge in [0.15, 0.2) is 14.1 Å². The lowest BCUT2D eigenvalue weighted by atomic mass is 10.0. The maximum Gasteiger partial charge on any atom is 0.343 e. The van der Waals surface area contributed by atoms with Crippen molar-refractivity contribution in [1.29, 1.82) is 0 Å². The second-order valence-electron chi connectivity index (χ2n) is 6.64. The molecule has 0 saturated heterocycles. The quantitative estimate of drug-likeness (QED) is 0.627. The summed E-state index contributed by atoms with van der Waals surface area (Å²) in [4.78, 5) is 12.1. The van der Waals surface area contributed by atoms with Gasteiger partial charge >= 0.3 is 5.63 Å². The van der Waals surface area contributed by atoms with Crippen LogP contribution in [0.2, 0.25) is 19.6 Å². The minimum Gasteiger partial charge on any atom is -0.462 e. The third-order valence-electron chi connectivity index (χ3n) is 3.52. The van der Waals surface area contributed by atoms with E-state index < -0.39 is 14.1 Å². The van der Waals surface area contributed by atoms with E-state index in [1.165, 1.54) is 0 Å². The summed E-state index contributed by atoms with van der Waals surface area (Å²) in [5.41, 5.74) is 0.864. The van der Waals surface area contributed by atoms with Crippen LogP contribution in [0.3, 0.4) is 0 Å². The van der Waals surface area contributed by atoms with Crippen LogP contribution in [0.4, 0.5) is 0 Å². The predicted molar refractivity (Wildman–Crippen MR) is 84.3 cm³/mol. The Hall–Kier alpha value is -1.59. The Morgan fingerprint density at radius 1 is 1.24 bits per heavy atom. The number of benzene rings is 1. The Labute approximate surface area is 124 Å². The lowest BCUT2D eigenvalue weighted by molar-refractivity contribution is -0.117. The molecule has 0 amide bonds. The monoisotopic (exact) mass is 304 g/mol. The summed E-state index contributed by atoms with van der Waals surface area (Å²) in [6.07, 6.45) is 1.27. The smallest absolute Gasteiger partial charge is 0.343 e. The standard InChI is InChI=1S/C16H20O4Si/c1-16(20-21(2,3)4)10-9-12-14(19-16)11-7-5-6-8-13(11)18-15(12)17/h5-8H,9-10H2,1-4H3/t16-/m1/s1. The van der Waals surface area contributed by atoms with E-state index in [1.807, 2.05) is 25.1 Å². The van der Waals surface area contributed by atoms with Gasteiger partial charge < -0.3 is 13.6 Å². The number of hydrogen-bond donors (Lipinski definition) is 0. The van der Waals surface area contributed by atoms with Crippen molar-refractivity contribution in [2.75, 3.05) is 0 Å². The van der Waals surface area contributed by atoms with E-state index in [0.717, 1.165) is 5.39 Å². The van der Waals surface area contributed by atoms with Gasteiger partial charge in [-0.25, -0.2) is 4.79 Å². The van der Waals surface area contributed by atoms with E-state index in [9.17, 15) is 4.79 Å². The molecule has 0 aliphatic carbocycles. The van der Waals surface area contributed by atoms with Crippen LogP contribution in [0.1, 0.15) is 18.9 Å². The number of hydrogen-bond acceptors (Lipinski definition) is 4. The van der Waals surface area contributed by atoms with Crippen molar-refractivity contribution in [1.82, 2.24) is 0 Å². The van der Waals surface area contributed by atoms with Crippen LogP contribution in [-0.2, 0) is 10.8 Å². The molecule has 1 aliphatic rings. The van der Waals surface area contributed by atoms with Gasteiger partial charge in [-0.05, 0) is 38.2 Å². The van der Waals surface area contributed by atoms with Crippen molar-refractivity contribution in [3.63, 3.8) is 0 Å². The van der Waals surface area contributed by atoms with Crippen LogP contribution in [0.5, 0.6) is 5.75 Å². The fourth-order valence-corrected chi connectivity index (χ4v) is 4.27. The highest BCUT2D eigenvalue weighted by molar-refractivity contribution is 6.69. The predicted octanol–water partition coefficient (Wildman–Crippen LogP) is 3.69. The van der Waals surface area contributed by atoms with Crippen LogP contribution in [0.15, 0.2) is 33.5 Å². The molecule has 1 aromatic heterocycles. The molecular weight excluding hydrogens is 284 g/mol. The minimum absolute atomic E-state index is 0.307. The first-order valence-electron chi connectivity index (χ1n) is 7.21. The van der Waals surface area contributed by atoms with Gasteiger partial charge in [-0.15, -0.1) is 0 Å². The molecule has 1 aliphatic heterocycles. The topological polar surface area (TPSA) is 48.7 Å². The first-order valence-corrected chi connectivity index (χ1v) is 10.6. The zero-order chi connectivity index (χ0) is 15.3. The number of para-hydroxylation sites is 1. The Balaban J connectivity index is 2.11. The molecule has 1 atom stereocenters. The zero-order valence-electron chi connectivity index (χ0n) is 12.9. The first kappa shape index (κ1) is 14.3. The molecule has 21 heavy (non-hydrogen) atoms. The molecule has 3 rings (SSSR count). The first-order chi connectivity index (χ1) is 9.77. The molecule has 0 fully saturated rings. The largest absolute Gasteiger partial charge is 0.462 e. The summed E-state index contributed by atoms with van der Waals surface area (Å²) in [5, 5.41) is 0.831. The maximum atomic E-state index is 12.1. The Kier molecular flexibility index (Phi) is 3.22. The lowest BCUT2D eigenvalue weighted by Crippen LogP contribution is -2.47. The molecule has 0 N–H and O–H groups in total. The molecule has 0 spiro atoms. The van der Waals surface area contributed by atoms with Crippen LogP contribution >= 0.6 is 0 Å². The highest BCUT2D eigenvalue weighted by atomic mass is 28.4. The summed E-state index contributed by atoms with van der Waals surface area (Å²) < 4.78 is 17.7. The van der Waals surface area contributed by atoms with E-state index in [4.69, 9.17) is 13.6 Å². The summed E-state index contributed by atoms with van der Waals surface area (Å²) in [6, 6.07) is 7.46.